The van der Waals surface area contributed by atoms with Gasteiger partial charge in [0.2, 0.25) is 0 Å². The van der Waals surface area contributed by atoms with E-state index < -0.39 is 0 Å². The molecule has 0 fully saturated rings. The number of hydrogen-bond acceptors (Lipinski definition) is 8. The number of allylic oxidation sites excluding steroid dienone is 12. The largest absolute Gasteiger partial charge is 0.469 e. The Balaban J connectivity index is 1.80. The molecule has 0 amide bonds. The van der Waals surface area contributed by atoms with Crippen molar-refractivity contribution in [3.8, 4) is 0 Å². The van der Waals surface area contributed by atoms with Gasteiger partial charge >= 0.3 is 11.9 Å². The normalized spacial score (nSPS) is 19.5. The number of ether oxygens (including phenoxy) is 2. The molecule has 8 nitrogen and oxygen atoms in total. The summed E-state index contributed by atoms with van der Waals surface area (Å²) in [5.41, 5.74) is 14.9. The van der Waals surface area contributed by atoms with Crippen LogP contribution in [0.25, 0.3) is 0 Å². The zero-order chi connectivity index (χ0) is 31.7. The highest BCUT2D eigenvalue weighted by Crippen LogP contribution is 2.38. The van der Waals surface area contributed by atoms with Gasteiger partial charge in [-0.3, -0.25) is 9.59 Å². The number of rotatable bonds is 8. The molecule has 0 aromatic carbocycles. The van der Waals surface area contributed by atoms with Gasteiger partial charge in [0.1, 0.15) is 0 Å². The number of esters is 2. The van der Waals surface area contributed by atoms with Gasteiger partial charge < -0.3 is 9.47 Å². The van der Waals surface area contributed by atoms with E-state index in [4.69, 9.17) is 29.4 Å². The highest BCUT2D eigenvalue weighted by atomic mass is 16.5. The summed E-state index contributed by atoms with van der Waals surface area (Å²) in [5, 5.41) is 0. The van der Waals surface area contributed by atoms with Crippen LogP contribution in [0.2, 0.25) is 0 Å². The lowest BCUT2D eigenvalue weighted by Crippen LogP contribution is -2.08. The molecule has 0 radical (unpaired) electrons. The molecule has 8 heteroatoms. The molecular formula is C36H40N4O4. The van der Waals surface area contributed by atoms with Gasteiger partial charge in [0.25, 0.3) is 0 Å². The molecule has 8 bridgehead atoms. The minimum absolute atomic E-state index is 0.0198. The van der Waals surface area contributed by atoms with E-state index in [9.17, 15) is 9.59 Å². The molecule has 0 aliphatic carbocycles. The summed E-state index contributed by atoms with van der Waals surface area (Å²) in [5.74, 6) is -0.711. The predicted molar refractivity (Wildman–Crippen MR) is 176 cm³/mol. The Hall–Kier alpha value is -4.46. The first-order chi connectivity index (χ1) is 21.1. The topological polar surface area (TPSA) is 102 Å². The van der Waals surface area contributed by atoms with Crippen molar-refractivity contribution in [1.82, 2.24) is 0 Å². The number of nitrogens with zero attached hydrogens (tertiary/aromatic N) is 4. The van der Waals surface area contributed by atoms with Gasteiger partial charge in [0.05, 0.1) is 66.3 Å². The molecule has 0 spiro atoms. The van der Waals surface area contributed by atoms with Crippen LogP contribution in [0.4, 0.5) is 0 Å². The van der Waals surface area contributed by atoms with Crippen molar-refractivity contribution in [3.63, 3.8) is 0 Å². The fraction of sp³-hybridized carbons (Fsp3) is 0.389. The maximum absolute atomic E-state index is 12.7. The second kappa shape index (κ2) is 12.6. The second-order valence-electron chi connectivity index (χ2n) is 11.3. The van der Waals surface area contributed by atoms with Crippen LogP contribution in [0.1, 0.15) is 80.1 Å². The highest BCUT2D eigenvalue weighted by molar-refractivity contribution is 6.20. The Kier molecular flexibility index (Phi) is 8.90. The molecule has 0 N–H and O–H groups in total. The van der Waals surface area contributed by atoms with Gasteiger partial charge in [-0.1, -0.05) is 20.8 Å². The van der Waals surface area contributed by atoms with Crippen LogP contribution in [0, 0.1) is 0 Å². The Morgan fingerprint density at radius 2 is 0.977 bits per heavy atom. The Labute approximate surface area is 259 Å². The number of carbonyl (C=O) groups is 2. The van der Waals surface area contributed by atoms with Crippen molar-refractivity contribution < 1.29 is 19.1 Å². The Morgan fingerprint density at radius 3 is 1.50 bits per heavy atom. The molecule has 0 saturated carbocycles. The van der Waals surface area contributed by atoms with Crippen molar-refractivity contribution in [3.05, 3.63) is 91.7 Å². The van der Waals surface area contributed by atoms with Crippen molar-refractivity contribution >= 4 is 34.8 Å². The summed E-state index contributed by atoms with van der Waals surface area (Å²) >= 11 is 0. The van der Waals surface area contributed by atoms with Gasteiger partial charge in [-0.05, 0) is 115 Å². The van der Waals surface area contributed by atoms with Crippen molar-refractivity contribution in [1.29, 1.82) is 0 Å². The maximum Gasteiger partial charge on any atom is 0.310 e. The van der Waals surface area contributed by atoms with Crippen LogP contribution in [0.3, 0.4) is 0 Å². The smallest absolute Gasteiger partial charge is 0.310 e. The zero-order valence-corrected chi connectivity index (χ0v) is 27.0. The van der Waals surface area contributed by atoms with E-state index in [1.165, 1.54) is 19.8 Å². The number of carbonyl (C=O) groups excluding carboxylic acids is 2. The van der Waals surface area contributed by atoms with E-state index in [1.807, 2.05) is 12.2 Å². The second-order valence-corrected chi connectivity index (χ2v) is 11.3. The molecule has 5 rings (SSSR count). The van der Waals surface area contributed by atoms with Crippen LogP contribution in [-0.2, 0) is 19.1 Å². The summed E-state index contributed by atoms with van der Waals surface area (Å²) in [6, 6.07) is 0. The van der Waals surface area contributed by atoms with Gasteiger partial charge in [-0.2, -0.15) is 0 Å². The number of hydrogen-bond donors (Lipinski definition) is 0. The summed E-state index contributed by atoms with van der Waals surface area (Å²) in [7, 11) is 2.75. The van der Waals surface area contributed by atoms with Crippen LogP contribution < -0.4 is 0 Å². The Morgan fingerprint density at radius 1 is 0.545 bits per heavy atom. The lowest BCUT2D eigenvalue weighted by atomic mass is 9.94. The third-order valence-electron chi connectivity index (χ3n) is 8.89. The fourth-order valence-corrected chi connectivity index (χ4v) is 6.35. The number of fused-ring (bicyclic) bond motifs is 4. The molecule has 0 aromatic heterocycles. The highest BCUT2D eigenvalue weighted by Gasteiger charge is 2.30. The van der Waals surface area contributed by atoms with Gasteiger partial charge in [-0.25, -0.2) is 20.0 Å². The monoisotopic (exact) mass is 592 g/mol. The fourth-order valence-electron chi connectivity index (χ4n) is 6.35. The molecule has 0 unspecified atom stereocenters. The molecular weight excluding hydrogens is 552 g/mol. The first-order valence-corrected chi connectivity index (χ1v) is 15.3. The average Bonchev–Trinajstić information content (AvgIpc) is 3.68. The molecule has 5 aliphatic rings. The summed E-state index contributed by atoms with van der Waals surface area (Å²) in [6.07, 6.45) is 11.1. The quantitative estimate of drug-likeness (QED) is 0.275. The molecule has 5 aliphatic heterocycles. The minimum atomic E-state index is -0.381. The average molecular weight is 593 g/mol. The maximum atomic E-state index is 12.7. The number of methoxy groups -OCH3 is 2. The molecule has 44 heavy (non-hydrogen) atoms. The third kappa shape index (κ3) is 5.61. The SMILES string of the molecule is CCC1=C(C)C2=NC1=CC1=NC(=CC3=NC(=CC4=NC(=C2)C(C)=C4CC)C(C)=C3CC)C(CC(=O)OC)=C1CCC(=O)OC. The minimum Gasteiger partial charge on any atom is -0.469 e. The summed E-state index contributed by atoms with van der Waals surface area (Å²) in [4.78, 5) is 45.3. The lowest BCUT2D eigenvalue weighted by Gasteiger charge is -2.09. The molecule has 228 valence electrons. The lowest BCUT2D eigenvalue weighted by molar-refractivity contribution is -0.140. The molecule has 0 saturated heterocycles. The van der Waals surface area contributed by atoms with Crippen molar-refractivity contribution in [2.45, 2.75) is 80.1 Å². The molecule has 0 atom stereocenters. The standard InChI is InChI=1S/C36H40N4O4/c1-9-22-19(4)27-15-28-20(5)23(10-2)31(38-28)17-33-25(12-13-35(41)43-7)26(14-36(42)44-8)34(40-33)18-32-24(11-3)21(6)29(39-32)16-30(22)37-27/h15-18H,9-14H2,1-8H3. The molecule has 5 heterocycles. The zero-order valence-electron chi connectivity index (χ0n) is 27.0. The van der Waals surface area contributed by atoms with Gasteiger partial charge in [-0.15, -0.1) is 0 Å². The van der Waals surface area contributed by atoms with Crippen LogP contribution in [0.15, 0.2) is 112 Å². The summed E-state index contributed by atoms with van der Waals surface area (Å²) < 4.78 is 10.0. The van der Waals surface area contributed by atoms with Crippen LogP contribution >= 0.6 is 0 Å². The predicted octanol–water partition coefficient (Wildman–Crippen LogP) is 7.35. The van der Waals surface area contributed by atoms with E-state index in [-0.39, 0.29) is 24.8 Å². The van der Waals surface area contributed by atoms with Gasteiger partial charge in [0.15, 0.2) is 0 Å². The first-order valence-electron chi connectivity index (χ1n) is 15.3. The van der Waals surface area contributed by atoms with E-state index in [1.54, 1.807) is 0 Å². The van der Waals surface area contributed by atoms with E-state index in [0.717, 1.165) is 92.5 Å². The van der Waals surface area contributed by atoms with E-state index in [2.05, 4.69) is 53.7 Å². The Bertz CT molecular complexity index is 1740. The summed E-state index contributed by atoms with van der Waals surface area (Å²) in [6.45, 7) is 12.7. The van der Waals surface area contributed by atoms with Crippen molar-refractivity contribution in [2.24, 2.45) is 20.0 Å². The van der Waals surface area contributed by atoms with E-state index in [0.29, 0.717) is 17.8 Å². The van der Waals surface area contributed by atoms with Gasteiger partial charge in [0, 0.05) is 6.42 Å². The van der Waals surface area contributed by atoms with Crippen LogP contribution in [0.5, 0.6) is 0 Å². The first kappa shape index (κ1) is 31.0. The third-order valence-corrected chi connectivity index (χ3v) is 8.89. The number of aliphatic imine (C=N–C) groups is 4. The molecule has 0 aromatic rings. The van der Waals surface area contributed by atoms with Crippen LogP contribution in [-0.4, -0.2) is 49.0 Å². The van der Waals surface area contributed by atoms with Crippen molar-refractivity contribution in [2.75, 3.05) is 14.2 Å². The van der Waals surface area contributed by atoms with E-state index >= 15 is 0 Å².